The fourth-order valence-corrected chi connectivity index (χ4v) is 6.41. The van der Waals surface area contributed by atoms with Crippen molar-refractivity contribution < 1.29 is 13.2 Å². The van der Waals surface area contributed by atoms with E-state index in [1.165, 1.54) is 0 Å². The van der Waals surface area contributed by atoms with Crippen LogP contribution in [0.2, 0.25) is 0 Å². The van der Waals surface area contributed by atoms with Crippen molar-refractivity contribution in [1.29, 1.82) is 0 Å². The molecule has 2 unspecified atom stereocenters. The smallest absolute Gasteiger partial charge is 0.261 e. The van der Waals surface area contributed by atoms with Crippen LogP contribution in [0.25, 0.3) is 10.9 Å². The van der Waals surface area contributed by atoms with Gasteiger partial charge < -0.3 is 4.74 Å². The van der Waals surface area contributed by atoms with Crippen molar-refractivity contribution in [2.24, 2.45) is 0 Å². The highest BCUT2D eigenvalue weighted by atomic mass is 32.2. The number of hydrogen-bond acceptors (Lipinski definition) is 6. The Morgan fingerprint density at radius 1 is 1.09 bits per heavy atom. The Kier molecular flexibility index (Phi) is 7.47. The highest BCUT2D eigenvalue weighted by molar-refractivity contribution is 7.89. The molecule has 1 fully saturated rings. The van der Waals surface area contributed by atoms with E-state index in [1.54, 1.807) is 46.3 Å². The highest BCUT2D eigenvalue weighted by Gasteiger charge is 2.36. The van der Waals surface area contributed by atoms with Crippen LogP contribution in [0.1, 0.15) is 32.1 Å². The fraction of sp³-hybridized carbons (Fsp3) is 0.440. The lowest BCUT2D eigenvalue weighted by Gasteiger charge is -2.42. The molecular weight excluding hydrogens is 452 g/mol. The van der Waals surface area contributed by atoms with E-state index >= 15 is 0 Å². The number of hydrogen-bond donors (Lipinski definition) is 0. The van der Waals surface area contributed by atoms with Gasteiger partial charge in [0.25, 0.3) is 5.56 Å². The Bertz CT molecular complexity index is 1290. The lowest BCUT2D eigenvalue weighted by Crippen LogP contribution is -2.55. The van der Waals surface area contributed by atoms with Gasteiger partial charge >= 0.3 is 0 Å². The van der Waals surface area contributed by atoms with Gasteiger partial charge in [0, 0.05) is 32.8 Å². The number of rotatable bonds is 8. The molecule has 9 heteroatoms. The molecule has 8 nitrogen and oxygen atoms in total. The second kappa shape index (κ2) is 10.4. The molecule has 2 aromatic carbocycles. The summed E-state index contributed by atoms with van der Waals surface area (Å²) >= 11 is 0. The van der Waals surface area contributed by atoms with Crippen LogP contribution in [0.5, 0.6) is 0 Å². The first-order chi connectivity index (χ1) is 16.4. The van der Waals surface area contributed by atoms with Crippen LogP contribution in [0.15, 0.2) is 64.3 Å². The van der Waals surface area contributed by atoms with Gasteiger partial charge in [-0.15, -0.1) is 0 Å². The first kappa shape index (κ1) is 24.5. The number of methoxy groups -OCH3 is 1. The maximum atomic E-state index is 13.3. The number of aromatic nitrogens is 2. The second-order valence-electron chi connectivity index (χ2n) is 8.63. The molecule has 3 aromatic rings. The molecule has 0 saturated carbocycles. The van der Waals surface area contributed by atoms with Crippen molar-refractivity contribution in [2.45, 2.75) is 43.8 Å². The zero-order valence-electron chi connectivity index (χ0n) is 19.9. The molecule has 2 atom stereocenters. The fourth-order valence-electron chi connectivity index (χ4n) is 4.78. The molecule has 1 saturated heterocycles. The number of fused-ring (bicyclic) bond motifs is 1. The first-order valence-corrected chi connectivity index (χ1v) is 13.1. The molecule has 182 valence electrons. The molecule has 0 bridgehead atoms. The molecule has 0 radical (unpaired) electrons. The zero-order valence-corrected chi connectivity index (χ0v) is 20.7. The predicted molar refractivity (Wildman–Crippen MR) is 132 cm³/mol. The van der Waals surface area contributed by atoms with Crippen LogP contribution in [0.4, 0.5) is 0 Å². The molecule has 1 aliphatic heterocycles. The number of nitrogens with zero attached hydrogens (tertiary/aromatic N) is 4. The average Bonchev–Trinajstić information content (AvgIpc) is 2.85. The van der Waals surface area contributed by atoms with Crippen molar-refractivity contribution in [1.82, 2.24) is 18.8 Å². The van der Waals surface area contributed by atoms with E-state index in [1.807, 2.05) is 31.2 Å². The standard InChI is InChI=1S/C25H32N4O4S/c1-4-23(24-26-22-13-9-8-12-21(22)25(30)28(24)16-17-33-3)27-14-15-29(19(2)18-27)34(31,32)20-10-6-5-7-11-20/h5-13,19,23H,4,14-18H2,1-3H3. The average molecular weight is 485 g/mol. The largest absolute Gasteiger partial charge is 0.383 e. The van der Waals surface area contributed by atoms with Gasteiger partial charge in [0.05, 0.1) is 35.0 Å². The van der Waals surface area contributed by atoms with Crippen molar-refractivity contribution in [3.63, 3.8) is 0 Å². The minimum atomic E-state index is -3.57. The Morgan fingerprint density at radius 2 is 1.79 bits per heavy atom. The monoisotopic (exact) mass is 484 g/mol. The van der Waals surface area contributed by atoms with E-state index in [2.05, 4.69) is 11.8 Å². The van der Waals surface area contributed by atoms with Crippen LogP contribution in [0, 0.1) is 0 Å². The number of ether oxygens (including phenoxy) is 1. The topological polar surface area (TPSA) is 84.7 Å². The SMILES string of the molecule is CCC(c1nc2ccccc2c(=O)n1CCOC)N1CCN(S(=O)(=O)c2ccccc2)C(C)C1. The van der Waals surface area contributed by atoms with E-state index in [-0.39, 0.29) is 17.6 Å². The van der Waals surface area contributed by atoms with Crippen LogP contribution in [0.3, 0.4) is 0 Å². The summed E-state index contributed by atoms with van der Waals surface area (Å²) in [7, 11) is -1.95. The van der Waals surface area contributed by atoms with Crippen LogP contribution >= 0.6 is 0 Å². The summed E-state index contributed by atoms with van der Waals surface area (Å²) in [5.74, 6) is 0.704. The normalized spacial score (nSPS) is 18.9. The Hall–Kier alpha value is -2.59. The minimum absolute atomic E-state index is 0.0746. The lowest BCUT2D eigenvalue weighted by atomic mass is 10.1. The summed E-state index contributed by atoms with van der Waals surface area (Å²) in [5.41, 5.74) is 0.599. The van der Waals surface area contributed by atoms with Gasteiger partial charge in [-0.25, -0.2) is 13.4 Å². The number of benzene rings is 2. The van der Waals surface area contributed by atoms with Gasteiger partial charge in [-0.05, 0) is 37.6 Å². The van der Waals surface area contributed by atoms with Gasteiger partial charge in [0.2, 0.25) is 10.0 Å². The zero-order chi connectivity index (χ0) is 24.3. The number of piperazine rings is 1. The van der Waals surface area contributed by atoms with Gasteiger partial charge in [0.1, 0.15) is 5.82 Å². The van der Waals surface area contributed by atoms with Crippen molar-refractivity contribution in [3.8, 4) is 0 Å². The van der Waals surface area contributed by atoms with Crippen LogP contribution < -0.4 is 5.56 Å². The van der Waals surface area contributed by atoms with E-state index in [0.717, 1.165) is 6.42 Å². The molecule has 4 rings (SSSR count). The summed E-state index contributed by atoms with van der Waals surface area (Å²) in [6.45, 7) is 6.32. The number of sulfonamides is 1. The molecule has 2 heterocycles. The van der Waals surface area contributed by atoms with Gasteiger partial charge in [-0.1, -0.05) is 37.3 Å². The van der Waals surface area contributed by atoms with Crippen LogP contribution in [-0.2, 0) is 21.3 Å². The van der Waals surface area contributed by atoms with E-state index in [0.29, 0.717) is 54.4 Å². The third-order valence-corrected chi connectivity index (χ3v) is 8.51. The quantitative estimate of drug-likeness (QED) is 0.489. The summed E-state index contributed by atoms with van der Waals surface area (Å²) in [6.07, 6.45) is 0.746. The predicted octanol–water partition coefficient (Wildman–Crippen LogP) is 2.89. The minimum Gasteiger partial charge on any atom is -0.383 e. The van der Waals surface area contributed by atoms with Crippen LogP contribution in [-0.4, -0.2) is 66.6 Å². The van der Waals surface area contributed by atoms with E-state index < -0.39 is 10.0 Å². The summed E-state index contributed by atoms with van der Waals surface area (Å²) < 4.78 is 35.0. The van der Waals surface area contributed by atoms with Gasteiger partial charge in [-0.3, -0.25) is 14.3 Å². The maximum absolute atomic E-state index is 13.3. The van der Waals surface area contributed by atoms with E-state index in [4.69, 9.17) is 9.72 Å². The van der Waals surface area contributed by atoms with Crippen molar-refractivity contribution in [3.05, 3.63) is 70.8 Å². The molecule has 0 spiro atoms. The highest BCUT2D eigenvalue weighted by Crippen LogP contribution is 2.29. The third kappa shape index (κ3) is 4.65. The van der Waals surface area contributed by atoms with Crippen molar-refractivity contribution in [2.75, 3.05) is 33.4 Å². The summed E-state index contributed by atoms with van der Waals surface area (Å²) in [6, 6.07) is 15.6. The third-order valence-electron chi connectivity index (χ3n) is 6.48. The van der Waals surface area contributed by atoms with Crippen molar-refractivity contribution >= 4 is 20.9 Å². The Balaban J connectivity index is 1.66. The lowest BCUT2D eigenvalue weighted by molar-refractivity contribution is 0.0918. The molecule has 1 aliphatic rings. The second-order valence-corrected chi connectivity index (χ2v) is 10.5. The maximum Gasteiger partial charge on any atom is 0.261 e. The number of para-hydroxylation sites is 1. The van der Waals surface area contributed by atoms with Gasteiger partial charge in [0.15, 0.2) is 0 Å². The molecule has 0 aliphatic carbocycles. The first-order valence-electron chi connectivity index (χ1n) is 11.7. The summed E-state index contributed by atoms with van der Waals surface area (Å²) in [5, 5.41) is 0.587. The molecular formula is C25H32N4O4S. The van der Waals surface area contributed by atoms with Gasteiger partial charge in [-0.2, -0.15) is 4.31 Å². The molecule has 34 heavy (non-hydrogen) atoms. The molecule has 0 N–H and O–H groups in total. The Labute approximate surface area is 200 Å². The molecule has 0 amide bonds. The van der Waals surface area contributed by atoms with E-state index in [9.17, 15) is 13.2 Å². The molecule has 1 aromatic heterocycles. The Morgan fingerprint density at radius 3 is 2.47 bits per heavy atom. The summed E-state index contributed by atoms with van der Waals surface area (Å²) in [4.78, 5) is 20.8.